The fraction of sp³-hybridized carbons (Fsp3) is 0.667. The first-order chi connectivity index (χ1) is 10.1. The summed E-state index contributed by atoms with van der Waals surface area (Å²) in [6.45, 7) is 2.08. The van der Waals surface area contributed by atoms with E-state index in [1.165, 1.54) is 6.34 Å². The molecule has 0 radical (unpaired) electrons. The second kappa shape index (κ2) is 5.51. The van der Waals surface area contributed by atoms with E-state index in [9.17, 15) is 9.90 Å². The van der Waals surface area contributed by atoms with Gasteiger partial charge in [0, 0.05) is 13.0 Å². The van der Waals surface area contributed by atoms with Crippen LogP contribution in [0.5, 0.6) is 0 Å². The zero-order valence-electron chi connectivity index (χ0n) is 11.5. The van der Waals surface area contributed by atoms with Crippen molar-refractivity contribution in [2.75, 3.05) is 13.2 Å². The van der Waals surface area contributed by atoms with Gasteiger partial charge in [-0.15, -0.1) is 0 Å². The van der Waals surface area contributed by atoms with Crippen LogP contribution >= 0.6 is 0 Å². The van der Waals surface area contributed by atoms with Gasteiger partial charge in [-0.25, -0.2) is 0 Å². The first-order valence-corrected chi connectivity index (χ1v) is 6.84. The van der Waals surface area contributed by atoms with Gasteiger partial charge in [0.1, 0.15) is 12.3 Å². The molecular formula is C12H17N5O4. The summed E-state index contributed by atoms with van der Waals surface area (Å²) in [4.78, 5) is 26.1. The van der Waals surface area contributed by atoms with Gasteiger partial charge >= 0.3 is 0 Å². The van der Waals surface area contributed by atoms with E-state index >= 15 is 0 Å². The van der Waals surface area contributed by atoms with Gasteiger partial charge in [-0.1, -0.05) is 0 Å². The summed E-state index contributed by atoms with van der Waals surface area (Å²) in [6, 6.07) is -0.713. The summed E-state index contributed by atoms with van der Waals surface area (Å²) in [7, 11) is 0. The topological polar surface area (TPSA) is 119 Å². The van der Waals surface area contributed by atoms with Crippen LogP contribution in [0.3, 0.4) is 0 Å². The number of aliphatic hydroxyl groups excluding tert-OH is 2. The van der Waals surface area contributed by atoms with Gasteiger partial charge in [0.15, 0.2) is 11.9 Å². The number of guanidine groups is 1. The molecule has 3 aliphatic rings. The molecule has 1 unspecified atom stereocenters. The molecule has 4 atom stereocenters. The van der Waals surface area contributed by atoms with Crippen molar-refractivity contribution in [3.8, 4) is 0 Å². The van der Waals surface area contributed by atoms with Crippen molar-refractivity contribution in [3.05, 3.63) is 0 Å². The molecule has 0 aromatic carbocycles. The summed E-state index contributed by atoms with van der Waals surface area (Å²) in [5.41, 5.74) is 0. The van der Waals surface area contributed by atoms with Crippen LogP contribution in [0.15, 0.2) is 15.0 Å². The van der Waals surface area contributed by atoms with Crippen LogP contribution in [0.2, 0.25) is 0 Å². The Kier molecular flexibility index (Phi) is 3.70. The van der Waals surface area contributed by atoms with Crippen LogP contribution < -0.4 is 5.32 Å². The van der Waals surface area contributed by atoms with E-state index in [1.807, 2.05) is 6.92 Å². The Hall–Kier alpha value is -1.84. The van der Waals surface area contributed by atoms with Gasteiger partial charge in [0.25, 0.3) is 5.91 Å². The highest BCUT2D eigenvalue weighted by molar-refractivity contribution is 6.23. The van der Waals surface area contributed by atoms with Crippen molar-refractivity contribution in [1.82, 2.24) is 10.2 Å². The Morgan fingerprint density at radius 1 is 1.62 bits per heavy atom. The number of amides is 1. The minimum atomic E-state index is -0.755. The van der Waals surface area contributed by atoms with E-state index in [2.05, 4.69) is 20.3 Å². The molecule has 3 N–H and O–H groups in total. The molecule has 0 aromatic heterocycles. The molecule has 1 saturated heterocycles. The lowest BCUT2D eigenvalue weighted by Gasteiger charge is -2.26. The van der Waals surface area contributed by atoms with Gasteiger partial charge < -0.3 is 14.9 Å². The number of ether oxygens (including phenoxy) is 1. The number of fused-ring (bicyclic) bond motifs is 1. The smallest absolute Gasteiger partial charge is 0.259 e. The normalized spacial score (nSPS) is 36.9. The minimum Gasteiger partial charge on any atom is -0.394 e. The number of hydrogen-bond acceptors (Lipinski definition) is 7. The molecule has 0 aromatic rings. The third-order valence-electron chi connectivity index (χ3n) is 3.56. The predicted octanol–water partition coefficient (Wildman–Crippen LogP) is -1.93. The number of aliphatic hydroxyl groups is 2. The highest BCUT2D eigenvalue weighted by Gasteiger charge is 2.44. The maximum atomic E-state index is 12.0. The van der Waals surface area contributed by atoms with Crippen LogP contribution in [-0.4, -0.2) is 76.8 Å². The zero-order chi connectivity index (χ0) is 15.0. The van der Waals surface area contributed by atoms with Crippen molar-refractivity contribution in [1.29, 1.82) is 0 Å². The monoisotopic (exact) mass is 295 g/mol. The lowest BCUT2D eigenvalue weighted by Crippen LogP contribution is -2.51. The summed E-state index contributed by atoms with van der Waals surface area (Å²) in [6.07, 6.45) is -0.100. The molecule has 0 spiro atoms. The molecule has 1 amide bonds. The van der Waals surface area contributed by atoms with Crippen LogP contribution in [0.1, 0.15) is 13.3 Å². The summed E-state index contributed by atoms with van der Waals surface area (Å²) in [5.74, 6) is 0.395. The van der Waals surface area contributed by atoms with Crippen LogP contribution in [0.4, 0.5) is 0 Å². The lowest BCUT2D eigenvalue weighted by atomic mass is 10.1. The number of hydrogen-bond donors (Lipinski definition) is 3. The van der Waals surface area contributed by atoms with Crippen molar-refractivity contribution < 1.29 is 19.7 Å². The van der Waals surface area contributed by atoms with Gasteiger partial charge in [0.2, 0.25) is 5.96 Å². The number of amidine groups is 1. The second-order valence-electron chi connectivity index (χ2n) is 4.95. The van der Waals surface area contributed by atoms with Crippen molar-refractivity contribution in [2.45, 2.75) is 37.8 Å². The summed E-state index contributed by atoms with van der Waals surface area (Å²) >= 11 is 0. The lowest BCUT2D eigenvalue weighted by molar-refractivity contribution is -0.119. The van der Waals surface area contributed by atoms with E-state index in [4.69, 9.17) is 9.84 Å². The molecule has 0 aliphatic carbocycles. The van der Waals surface area contributed by atoms with E-state index in [0.717, 1.165) is 0 Å². The van der Waals surface area contributed by atoms with Gasteiger partial charge in [-0.05, 0) is 6.92 Å². The molecule has 0 saturated carbocycles. The SMILES string of the molecule is CCN=C1N=C2C(N=CN2[C@H]2C[C@H](O)[C@@H](CO)O2)C(=O)N1. The molecule has 1 fully saturated rings. The van der Waals surface area contributed by atoms with E-state index in [-0.39, 0.29) is 18.5 Å². The third kappa shape index (κ3) is 2.43. The molecule has 9 heteroatoms. The molecular weight excluding hydrogens is 278 g/mol. The average Bonchev–Trinajstić information content (AvgIpc) is 3.02. The zero-order valence-corrected chi connectivity index (χ0v) is 11.5. The largest absolute Gasteiger partial charge is 0.394 e. The predicted molar refractivity (Wildman–Crippen MR) is 74.0 cm³/mol. The molecule has 0 bridgehead atoms. The van der Waals surface area contributed by atoms with Crippen molar-refractivity contribution >= 4 is 24.0 Å². The number of carbonyl (C=O) groups excluding carboxylic acids is 1. The Morgan fingerprint density at radius 2 is 2.43 bits per heavy atom. The van der Waals surface area contributed by atoms with E-state index < -0.39 is 24.5 Å². The number of carbonyl (C=O) groups is 1. The standard InChI is InChI=1S/C12H17N5O4/c1-2-13-12-15-10-9(11(20)16-12)14-5-17(10)8-3-6(19)7(4-18)21-8/h5-9,18-19H,2-4H2,1H3,(H,13,16,20)/t6-,7+,8+,9?/m0/s1. The second-order valence-corrected chi connectivity index (χ2v) is 4.95. The number of aliphatic imine (C=N–C) groups is 3. The van der Waals surface area contributed by atoms with Crippen LogP contribution in [0, 0.1) is 0 Å². The Balaban J connectivity index is 1.83. The average molecular weight is 295 g/mol. The van der Waals surface area contributed by atoms with Crippen LogP contribution in [-0.2, 0) is 9.53 Å². The maximum Gasteiger partial charge on any atom is 0.259 e. The molecule has 9 nitrogen and oxygen atoms in total. The third-order valence-corrected chi connectivity index (χ3v) is 3.56. The fourth-order valence-electron chi connectivity index (χ4n) is 2.52. The molecule has 3 aliphatic heterocycles. The highest BCUT2D eigenvalue weighted by atomic mass is 16.5. The van der Waals surface area contributed by atoms with Crippen LogP contribution in [0.25, 0.3) is 0 Å². The fourth-order valence-corrected chi connectivity index (χ4v) is 2.52. The number of nitrogens with zero attached hydrogens (tertiary/aromatic N) is 4. The summed E-state index contributed by atoms with van der Waals surface area (Å²) in [5, 5.41) is 21.5. The first-order valence-electron chi connectivity index (χ1n) is 6.84. The van der Waals surface area contributed by atoms with Crippen molar-refractivity contribution in [3.63, 3.8) is 0 Å². The van der Waals surface area contributed by atoms with E-state index in [1.54, 1.807) is 4.90 Å². The molecule has 3 rings (SSSR count). The van der Waals surface area contributed by atoms with Gasteiger partial charge in [-0.2, -0.15) is 4.99 Å². The Bertz CT molecular complexity index is 532. The highest BCUT2D eigenvalue weighted by Crippen LogP contribution is 2.26. The number of rotatable bonds is 3. The Morgan fingerprint density at radius 3 is 3.10 bits per heavy atom. The summed E-state index contributed by atoms with van der Waals surface area (Å²) < 4.78 is 5.57. The molecule has 21 heavy (non-hydrogen) atoms. The van der Waals surface area contributed by atoms with E-state index in [0.29, 0.717) is 18.8 Å². The number of nitrogens with one attached hydrogen (secondary N) is 1. The molecule has 114 valence electrons. The maximum absolute atomic E-state index is 12.0. The molecule has 3 heterocycles. The van der Waals surface area contributed by atoms with Gasteiger partial charge in [-0.3, -0.25) is 25.0 Å². The van der Waals surface area contributed by atoms with Gasteiger partial charge in [0.05, 0.1) is 19.0 Å². The Labute approximate surface area is 121 Å². The quantitative estimate of drug-likeness (QED) is 0.560. The van der Waals surface area contributed by atoms with Crippen molar-refractivity contribution in [2.24, 2.45) is 15.0 Å². The minimum absolute atomic E-state index is 0.251. The first kappa shape index (κ1) is 14.1.